The third-order valence-electron chi connectivity index (χ3n) is 6.32. The van der Waals surface area contributed by atoms with Crippen LogP contribution in [-0.4, -0.2) is 59.4 Å². The minimum atomic E-state index is -0.862. The van der Waals surface area contributed by atoms with Crippen LogP contribution in [0.4, 0.5) is 10.5 Å². The lowest BCUT2D eigenvalue weighted by atomic mass is 9.80. The first-order chi connectivity index (χ1) is 14.3. The highest BCUT2D eigenvalue weighted by Gasteiger charge is 2.44. The van der Waals surface area contributed by atoms with E-state index in [0.29, 0.717) is 50.6 Å². The van der Waals surface area contributed by atoms with Crippen LogP contribution in [0.15, 0.2) is 24.3 Å². The average Bonchev–Trinajstić information content (AvgIpc) is 2.74. The van der Waals surface area contributed by atoms with Crippen molar-refractivity contribution in [1.29, 1.82) is 0 Å². The fourth-order valence-corrected chi connectivity index (χ4v) is 4.41. The van der Waals surface area contributed by atoms with E-state index >= 15 is 0 Å². The van der Waals surface area contributed by atoms with E-state index in [2.05, 4.69) is 24.5 Å². The van der Waals surface area contributed by atoms with Crippen molar-refractivity contribution in [3.05, 3.63) is 29.8 Å². The third kappa shape index (κ3) is 5.12. The van der Waals surface area contributed by atoms with Crippen LogP contribution in [0.25, 0.3) is 0 Å². The first-order valence-electron chi connectivity index (χ1n) is 11.0. The number of carbonyl (C=O) groups excluding carboxylic acids is 3. The number of rotatable bonds is 4. The molecule has 0 unspecified atom stereocenters. The quantitative estimate of drug-likeness (QED) is 0.793. The molecule has 2 N–H and O–H groups in total. The van der Waals surface area contributed by atoms with Crippen molar-refractivity contribution in [1.82, 2.24) is 15.1 Å². The highest BCUT2D eigenvalue weighted by atomic mass is 16.2. The van der Waals surface area contributed by atoms with Crippen LogP contribution in [0.3, 0.4) is 0 Å². The first-order valence-corrected chi connectivity index (χ1v) is 11.0. The maximum absolute atomic E-state index is 13.4. The lowest BCUT2D eigenvalue weighted by Gasteiger charge is -2.43. The number of urea groups is 1. The van der Waals surface area contributed by atoms with E-state index in [1.54, 1.807) is 11.8 Å². The predicted molar refractivity (Wildman–Crippen MR) is 117 cm³/mol. The molecule has 1 saturated heterocycles. The average molecular weight is 415 g/mol. The molecule has 30 heavy (non-hydrogen) atoms. The second-order valence-corrected chi connectivity index (χ2v) is 8.80. The Morgan fingerprint density at radius 3 is 2.00 bits per heavy atom. The van der Waals surface area contributed by atoms with Gasteiger partial charge in [0.05, 0.1) is 0 Å². The van der Waals surface area contributed by atoms with Crippen molar-refractivity contribution in [3.63, 3.8) is 0 Å². The van der Waals surface area contributed by atoms with E-state index in [-0.39, 0.29) is 17.8 Å². The molecule has 1 aliphatic carbocycles. The molecule has 1 saturated carbocycles. The van der Waals surface area contributed by atoms with E-state index in [9.17, 15) is 14.4 Å². The number of nitrogens with zero attached hydrogens (tertiary/aromatic N) is 2. The van der Waals surface area contributed by atoms with E-state index < -0.39 is 5.54 Å². The zero-order chi connectivity index (χ0) is 21.7. The highest BCUT2D eigenvalue weighted by Crippen LogP contribution is 2.31. The normalized spacial score (nSPS) is 18.8. The Kier molecular flexibility index (Phi) is 7.00. The molecular weight excluding hydrogens is 380 g/mol. The fourth-order valence-electron chi connectivity index (χ4n) is 4.41. The van der Waals surface area contributed by atoms with Gasteiger partial charge in [-0.3, -0.25) is 9.59 Å². The van der Waals surface area contributed by atoms with Crippen molar-refractivity contribution in [3.8, 4) is 0 Å². The standard InChI is InChI=1S/C23H34N4O3/c1-17(2)19-7-9-20(10-8-19)24-22(30)25-23(11-5-4-6-12-23)21(29)27-15-13-26(14-16-27)18(3)28/h7-10,17H,4-6,11-16H2,1-3H3,(H2,24,25,30). The number of hydrogen-bond acceptors (Lipinski definition) is 3. The van der Waals surface area contributed by atoms with Gasteiger partial charge in [0.25, 0.3) is 0 Å². The number of carbonyl (C=O) groups is 3. The summed E-state index contributed by atoms with van der Waals surface area (Å²) in [6.07, 6.45) is 4.22. The molecule has 3 rings (SSSR count). The molecule has 7 nitrogen and oxygen atoms in total. The van der Waals surface area contributed by atoms with E-state index in [1.807, 2.05) is 29.2 Å². The summed E-state index contributed by atoms with van der Waals surface area (Å²) in [5.41, 5.74) is 1.06. The molecule has 0 bridgehead atoms. The van der Waals surface area contributed by atoms with Gasteiger partial charge in [-0.1, -0.05) is 45.2 Å². The van der Waals surface area contributed by atoms with E-state index in [4.69, 9.17) is 0 Å². The Bertz CT molecular complexity index is 761. The van der Waals surface area contributed by atoms with Gasteiger partial charge in [0.15, 0.2) is 0 Å². The van der Waals surface area contributed by atoms with Crippen molar-refractivity contribution >= 4 is 23.5 Å². The van der Waals surface area contributed by atoms with Crippen LogP contribution in [-0.2, 0) is 9.59 Å². The first kappa shape index (κ1) is 22.1. The summed E-state index contributed by atoms with van der Waals surface area (Å²) in [6, 6.07) is 7.47. The Hall–Kier alpha value is -2.57. The SMILES string of the molecule is CC(=O)N1CCN(C(=O)C2(NC(=O)Nc3ccc(C(C)C)cc3)CCCCC2)CC1. The Labute approximate surface area is 179 Å². The summed E-state index contributed by atoms with van der Waals surface area (Å²) in [5, 5.41) is 5.91. The molecule has 1 heterocycles. The van der Waals surface area contributed by atoms with Crippen molar-refractivity contribution in [2.24, 2.45) is 0 Å². The number of piperazine rings is 1. The summed E-state index contributed by atoms with van der Waals surface area (Å²) in [6.45, 7) is 7.94. The molecule has 1 aromatic carbocycles. The minimum absolute atomic E-state index is 0.0179. The van der Waals surface area contributed by atoms with E-state index in [1.165, 1.54) is 5.56 Å². The molecule has 7 heteroatoms. The fraction of sp³-hybridized carbons (Fsp3) is 0.609. The van der Waals surface area contributed by atoms with Crippen LogP contribution >= 0.6 is 0 Å². The van der Waals surface area contributed by atoms with Gasteiger partial charge in [-0.25, -0.2) is 4.79 Å². The summed E-state index contributed by atoms with van der Waals surface area (Å²) in [7, 11) is 0. The predicted octanol–water partition coefficient (Wildman–Crippen LogP) is 3.33. The van der Waals surface area contributed by atoms with Gasteiger partial charge >= 0.3 is 6.03 Å². The van der Waals surface area contributed by atoms with Crippen molar-refractivity contribution < 1.29 is 14.4 Å². The number of benzene rings is 1. The van der Waals surface area contributed by atoms with Crippen molar-refractivity contribution in [2.75, 3.05) is 31.5 Å². The monoisotopic (exact) mass is 414 g/mol. The third-order valence-corrected chi connectivity index (χ3v) is 6.32. The zero-order valence-corrected chi connectivity index (χ0v) is 18.4. The van der Waals surface area contributed by atoms with Gasteiger partial charge in [-0.15, -0.1) is 0 Å². The second kappa shape index (κ2) is 9.49. The number of nitrogens with one attached hydrogen (secondary N) is 2. The van der Waals surface area contributed by atoms with Gasteiger partial charge < -0.3 is 20.4 Å². The van der Waals surface area contributed by atoms with Crippen LogP contribution < -0.4 is 10.6 Å². The van der Waals surface area contributed by atoms with Gasteiger partial charge in [-0.05, 0) is 36.5 Å². The summed E-state index contributed by atoms with van der Waals surface area (Å²) in [5.74, 6) is 0.450. The summed E-state index contributed by atoms with van der Waals surface area (Å²) >= 11 is 0. The summed E-state index contributed by atoms with van der Waals surface area (Å²) in [4.78, 5) is 41.4. The topological polar surface area (TPSA) is 81.8 Å². The van der Waals surface area contributed by atoms with E-state index in [0.717, 1.165) is 19.3 Å². The minimum Gasteiger partial charge on any atom is -0.339 e. The van der Waals surface area contributed by atoms with Crippen LogP contribution in [0.1, 0.15) is 64.4 Å². The molecule has 0 aromatic heterocycles. The molecule has 0 atom stereocenters. The maximum atomic E-state index is 13.4. The largest absolute Gasteiger partial charge is 0.339 e. The highest BCUT2D eigenvalue weighted by molar-refractivity contribution is 5.96. The number of anilines is 1. The van der Waals surface area contributed by atoms with Crippen LogP contribution in [0, 0.1) is 0 Å². The molecule has 2 fully saturated rings. The Morgan fingerprint density at radius 2 is 1.47 bits per heavy atom. The summed E-state index contributed by atoms with van der Waals surface area (Å²) < 4.78 is 0. The van der Waals surface area contributed by atoms with Crippen LogP contribution in [0.5, 0.6) is 0 Å². The van der Waals surface area contributed by atoms with Crippen LogP contribution in [0.2, 0.25) is 0 Å². The molecule has 0 spiro atoms. The smallest absolute Gasteiger partial charge is 0.320 e. The second-order valence-electron chi connectivity index (χ2n) is 8.80. The van der Waals surface area contributed by atoms with Gasteiger partial charge in [0.1, 0.15) is 5.54 Å². The molecule has 0 radical (unpaired) electrons. The molecule has 164 valence electrons. The van der Waals surface area contributed by atoms with Gasteiger partial charge in [-0.2, -0.15) is 0 Å². The lowest BCUT2D eigenvalue weighted by molar-refractivity contribution is -0.144. The molecule has 2 aliphatic rings. The molecule has 1 aromatic rings. The maximum Gasteiger partial charge on any atom is 0.320 e. The number of hydrogen-bond donors (Lipinski definition) is 2. The molecular formula is C23H34N4O3. The molecule has 1 aliphatic heterocycles. The zero-order valence-electron chi connectivity index (χ0n) is 18.4. The molecule has 4 amide bonds. The van der Waals surface area contributed by atoms with Gasteiger partial charge in [0.2, 0.25) is 11.8 Å². The van der Waals surface area contributed by atoms with Gasteiger partial charge in [0, 0.05) is 38.8 Å². The Morgan fingerprint density at radius 1 is 0.900 bits per heavy atom. The Balaban J connectivity index is 1.66. The van der Waals surface area contributed by atoms with Crippen molar-refractivity contribution in [2.45, 2.75) is 64.3 Å². The number of amides is 4. The lowest BCUT2D eigenvalue weighted by Crippen LogP contribution is -2.63.